The fourth-order valence-corrected chi connectivity index (χ4v) is 4.96. The average Bonchev–Trinajstić information content (AvgIpc) is 2.88. The number of benzene rings is 1. The van der Waals surface area contributed by atoms with E-state index in [4.69, 9.17) is 28.4 Å². The molecule has 0 fully saturated rings. The van der Waals surface area contributed by atoms with Crippen LogP contribution in [0.15, 0.2) is 29.7 Å². The van der Waals surface area contributed by atoms with Gasteiger partial charge < -0.3 is 28.4 Å². The minimum Gasteiger partial charge on any atom is -0.493 e. The molecule has 3 atom stereocenters. The molecule has 1 aromatic rings. The van der Waals surface area contributed by atoms with E-state index >= 15 is 0 Å². The number of fused-ring (bicyclic) bond motifs is 2. The SMILES string of the molecule is COC1=CC2(C=C(OC)C1=O)CC(C)C(C)C(OC(C)=O)c1cc(OC)c(OC)c(OC)c12. The van der Waals surface area contributed by atoms with Gasteiger partial charge in [0.2, 0.25) is 5.75 Å². The van der Waals surface area contributed by atoms with Crippen LogP contribution in [0.4, 0.5) is 0 Å². The number of methoxy groups -OCH3 is 5. The highest BCUT2D eigenvalue weighted by Gasteiger charge is 2.48. The van der Waals surface area contributed by atoms with E-state index in [2.05, 4.69) is 6.92 Å². The first kappa shape index (κ1) is 24.5. The minimum atomic E-state index is -0.854. The van der Waals surface area contributed by atoms with Gasteiger partial charge in [0.1, 0.15) is 6.10 Å². The summed E-state index contributed by atoms with van der Waals surface area (Å²) in [4.78, 5) is 24.9. The maximum atomic E-state index is 12.8. The lowest BCUT2D eigenvalue weighted by atomic mass is 9.70. The Morgan fingerprint density at radius 3 is 1.94 bits per heavy atom. The lowest BCUT2D eigenvalue weighted by molar-refractivity contribution is -0.150. The van der Waals surface area contributed by atoms with Crippen LogP contribution in [0.1, 0.15) is 44.4 Å². The second kappa shape index (κ2) is 9.37. The zero-order valence-electron chi connectivity index (χ0n) is 20.4. The van der Waals surface area contributed by atoms with E-state index in [-0.39, 0.29) is 29.1 Å². The van der Waals surface area contributed by atoms with Crippen molar-refractivity contribution in [2.24, 2.45) is 11.8 Å². The Balaban J connectivity index is 2.50. The van der Waals surface area contributed by atoms with E-state index in [0.29, 0.717) is 34.8 Å². The highest BCUT2D eigenvalue weighted by atomic mass is 16.5. The van der Waals surface area contributed by atoms with Crippen LogP contribution in [0.2, 0.25) is 0 Å². The first-order valence-electron chi connectivity index (χ1n) is 10.8. The second-order valence-electron chi connectivity index (χ2n) is 8.48. The van der Waals surface area contributed by atoms with Gasteiger partial charge >= 0.3 is 5.97 Å². The van der Waals surface area contributed by atoms with Crippen LogP contribution in [-0.4, -0.2) is 47.3 Å². The Morgan fingerprint density at radius 1 is 0.909 bits per heavy atom. The summed E-state index contributed by atoms with van der Waals surface area (Å²) in [5.74, 6) is 0.901. The van der Waals surface area contributed by atoms with Gasteiger partial charge in [0, 0.05) is 29.4 Å². The molecule has 0 saturated carbocycles. The fourth-order valence-electron chi connectivity index (χ4n) is 4.96. The Morgan fingerprint density at radius 2 is 1.48 bits per heavy atom. The Hall–Kier alpha value is -3.16. The van der Waals surface area contributed by atoms with Gasteiger partial charge in [-0.15, -0.1) is 0 Å². The minimum absolute atomic E-state index is 0.0498. The van der Waals surface area contributed by atoms with Crippen LogP contribution in [0.25, 0.3) is 0 Å². The van der Waals surface area contributed by atoms with Gasteiger partial charge in [-0.2, -0.15) is 0 Å². The summed E-state index contributed by atoms with van der Waals surface area (Å²) in [6, 6.07) is 1.82. The van der Waals surface area contributed by atoms with Gasteiger partial charge in [-0.05, 0) is 30.6 Å². The molecule has 0 N–H and O–H groups in total. The fraction of sp³-hybridized carbons (Fsp3) is 0.520. The highest BCUT2D eigenvalue weighted by molar-refractivity contribution is 6.07. The molecule has 2 aliphatic carbocycles. The predicted octanol–water partition coefficient (Wildman–Crippen LogP) is 3.87. The monoisotopic (exact) mass is 460 g/mol. The second-order valence-corrected chi connectivity index (χ2v) is 8.48. The van der Waals surface area contributed by atoms with Crippen molar-refractivity contribution in [1.82, 2.24) is 0 Å². The van der Waals surface area contributed by atoms with Crippen molar-refractivity contribution < 1.29 is 38.0 Å². The van der Waals surface area contributed by atoms with Gasteiger partial charge in [-0.25, -0.2) is 0 Å². The van der Waals surface area contributed by atoms with E-state index < -0.39 is 17.5 Å². The molecule has 8 heteroatoms. The third-order valence-corrected chi connectivity index (χ3v) is 6.63. The number of esters is 1. The molecule has 180 valence electrons. The molecule has 33 heavy (non-hydrogen) atoms. The smallest absolute Gasteiger partial charge is 0.303 e. The molecule has 8 nitrogen and oxygen atoms in total. The first-order valence-corrected chi connectivity index (χ1v) is 10.8. The molecule has 1 spiro atoms. The van der Waals surface area contributed by atoms with Crippen molar-refractivity contribution in [2.45, 2.75) is 38.7 Å². The van der Waals surface area contributed by atoms with Crippen LogP contribution in [-0.2, 0) is 29.2 Å². The van der Waals surface area contributed by atoms with Gasteiger partial charge in [0.15, 0.2) is 23.0 Å². The number of ether oxygens (including phenoxy) is 6. The standard InChI is InChI=1S/C25H32O8/c1-13-10-25(11-18(29-5)21(27)19(12-25)30-6)20-16(22(14(13)2)33-15(3)26)9-17(28-4)23(31-7)24(20)32-8/h9,11-14,22H,10H2,1-8H3. The number of Topliss-reactive ketones (excluding diaryl/α,β-unsaturated/α-hetero) is 1. The molecule has 3 unspecified atom stereocenters. The summed E-state index contributed by atoms with van der Waals surface area (Å²) >= 11 is 0. The lowest BCUT2D eigenvalue weighted by Crippen LogP contribution is -2.32. The van der Waals surface area contributed by atoms with Crippen molar-refractivity contribution in [2.75, 3.05) is 35.5 Å². The van der Waals surface area contributed by atoms with Crippen LogP contribution < -0.4 is 14.2 Å². The van der Waals surface area contributed by atoms with Gasteiger partial charge in [0.25, 0.3) is 5.78 Å². The van der Waals surface area contributed by atoms with Crippen molar-refractivity contribution >= 4 is 11.8 Å². The molecule has 1 aromatic carbocycles. The Bertz CT molecular complexity index is 982. The zero-order chi connectivity index (χ0) is 24.5. The highest BCUT2D eigenvalue weighted by Crippen LogP contribution is 2.57. The van der Waals surface area contributed by atoms with E-state index in [9.17, 15) is 9.59 Å². The largest absolute Gasteiger partial charge is 0.493 e. The van der Waals surface area contributed by atoms with Crippen molar-refractivity contribution in [1.29, 1.82) is 0 Å². The Kier molecular flexibility index (Phi) is 6.95. The van der Waals surface area contributed by atoms with Gasteiger partial charge in [-0.1, -0.05) is 13.8 Å². The van der Waals surface area contributed by atoms with Crippen LogP contribution in [0, 0.1) is 11.8 Å². The molecule has 2 aliphatic rings. The number of rotatable bonds is 6. The lowest BCUT2D eigenvalue weighted by Gasteiger charge is -2.35. The summed E-state index contributed by atoms with van der Waals surface area (Å²) in [6.45, 7) is 5.52. The molecule has 0 amide bonds. The molecular formula is C25H32O8. The molecule has 0 radical (unpaired) electrons. The number of hydrogen-bond donors (Lipinski definition) is 0. The topological polar surface area (TPSA) is 89.5 Å². The summed E-state index contributed by atoms with van der Waals surface area (Å²) in [5.41, 5.74) is 0.568. The van der Waals surface area contributed by atoms with E-state index in [1.54, 1.807) is 19.3 Å². The van der Waals surface area contributed by atoms with Crippen LogP contribution in [0.5, 0.6) is 17.2 Å². The first-order chi connectivity index (χ1) is 15.7. The molecule has 3 rings (SSSR count). The molecule has 0 saturated heterocycles. The van der Waals surface area contributed by atoms with E-state index in [0.717, 1.165) is 0 Å². The number of ketones is 1. The molecule has 0 aliphatic heterocycles. The number of carbonyl (C=O) groups excluding carboxylic acids is 2. The molecule has 0 bridgehead atoms. The van der Waals surface area contributed by atoms with Gasteiger partial charge in [0.05, 0.1) is 35.5 Å². The average molecular weight is 461 g/mol. The summed E-state index contributed by atoms with van der Waals surface area (Å²) in [6.07, 6.45) is 3.60. The molecule has 0 heterocycles. The van der Waals surface area contributed by atoms with E-state index in [1.165, 1.54) is 35.4 Å². The van der Waals surface area contributed by atoms with Crippen molar-refractivity contribution in [3.05, 3.63) is 40.9 Å². The maximum Gasteiger partial charge on any atom is 0.303 e. The summed E-state index contributed by atoms with van der Waals surface area (Å²) in [7, 11) is 7.51. The summed E-state index contributed by atoms with van der Waals surface area (Å²) in [5, 5.41) is 0. The third-order valence-electron chi connectivity index (χ3n) is 6.63. The van der Waals surface area contributed by atoms with E-state index in [1.807, 2.05) is 13.0 Å². The Labute approximate surface area is 194 Å². The number of allylic oxidation sites excluding steroid dienone is 2. The van der Waals surface area contributed by atoms with Crippen LogP contribution in [0.3, 0.4) is 0 Å². The third kappa shape index (κ3) is 4.03. The maximum absolute atomic E-state index is 12.8. The molecular weight excluding hydrogens is 428 g/mol. The zero-order valence-corrected chi connectivity index (χ0v) is 20.4. The quantitative estimate of drug-likeness (QED) is 0.591. The predicted molar refractivity (Wildman–Crippen MR) is 120 cm³/mol. The molecule has 0 aromatic heterocycles. The van der Waals surface area contributed by atoms with Crippen LogP contribution >= 0.6 is 0 Å². The van der Waals surface area contributed by atoms with Crippen molar-refractivity contribution in [3.8, 4) is 17.2 Å². The van der Waals surface area contributed by atoms with Crippen molar-refractivity contribution in [3.63, 3.8) is 0 Å². The number of carbonyl (C=O) groups is 2. The summed E-state index contributed by atoms with van der Waals surface area (Å²) < 4.78 is 33.9. The normalized spacial score (nSPS) is 23.5. The van der Waals surface area contributed by atoms with Gasteiger partial charge in [-0.3, -0.25) is 9.59 Å². The number of hydrogen-bond acceptors (Lipinski definition) is 8.